The molecule has 1 aliphatic carbocycles. The van der Waals surface area contributed by atoms with Crippen LogP contribution in [-0.4, -0.2) is 17.8 Å². The summed E-state index contributed by atoms with van der Waals surface area (Å²) in [5, 5.41) is 6.14. The quantitative estimate of drug-likeness (QED) is 0.417. The van der Waals surface area contributed by atoms with Crippen LogP contribution in [0.3, 0.4) is 0 Å². The maximum atomic E-state index is 14.0. The number of hydrogen-bond acceptors (Lipinski definition) is 2. The Morgan fingerprint density at radius 2 is 1.04 bits per heavy atom. The molecule has 0 nitrogen and oxygen atoms in total. The van der Waals surface area contributed by atoms with Crippen LogP contribution in [0, 0.1) is 23.7 Å². The van der Waals surface area contributed by atoms with E-state index in [-0.39, 0.29) is 11.1 Å². The second-order valence-electron chi connectivity index (χ2n) is 5.00. The van der Waals surface area contributed by atoms with Crippen molar-refractivity contribution < 1.29 is 26.3 Å². The van der Waals surface area contributed by atoms with Gasteiger partial charge in [0.2, 0.25) is 0 Å². The first kappa shape index (κ1) is 17.7. The molecule has 0 fully saturated rings. The smallest absolute Gasteiger partial charge is 0.193 e. The molecule has 8 heteroatoms. The third kappa shape index (κ3) is 2.76. The molecule has 25 heavy (non-hydrogen) atoms. The first-order valence-electron chi connectivity index (χ1n) is 6.65. The van der Waals surface area contributed by atoms with Gasteiger partial charge in [0, 0.05) is 21.9 Å². The molecular formula is C17H6F6S2. The maximum Gasteiger partial charge on any atom is 0.382 e. The molecule has 0 saturated carbocycles. The van der Waals surface area contributed by atoms with Crippen molar-refractivity contribution in [3.63, 3.8) is 0 Å². The van der Waals surface area contributed by atoms with Crippen molar-refractivity contribution >= 4 is 22.7 Å². The summed E-state index contributed by atoms with van der Waals surface area (Å²) in [4.78, 5) is 0. The van der Waals surface area contributed by atoms with E-state index in [1.165, 1.54) is 45.6 Å². The SMILES string of the molecule is FC1(F)C(C#Cc2ccsc2)=C(C#Cc2ccsc2)C(F)(F)C1(F)F. The van der Waals surface area contributed by atoms with Crippen molar-refractivity contribution in [3.8, 4) is 23.7 Å². The van der Waals surface area contributed by atoms with Gasteiger partial charge in [-0.25, -0.2) is 0 Å². The molecule has 0 amide bonds. The lowest BCUT2D eigenvalue weighted by Gasteiger charge is -2.24. The average molecular weight is 388 g/mol. The van der Waals surface area contributed by atoms with Crippen LogP contribution in [0.1, 0.15) is 11.1 Å². The van der Waals surface area contributed by atoms with Crippen molar-refractivity contribution in [2.45, 2.75) is 17.8 Å². The van der Waals surface area contributed by atoms with Crippen molar-refractivity contribution in [3.05, 3.63) is 55.9 Å². The van der Waals surface area contributed by atoms with Crippen molar-refractivity contribution in [2.75, 3.05) is 0 Å². The lowest BCUT2D eigenvalue weighted by molar-refractivity contribution is -0.263. The highest BCUT2D eigenvalue weighted by molar-refractivity contribution is 7.08. The Morgan fingerprint density at radius 1 is 0.640 bits per heavy atom. The number of thiophene rings is 2. The molecule has 3 rings (SSSR count). The van der Waals surface area contributed by atoms with Crippen LogP contribution >= 0.6 is 22.7 Å². The van der Waals surface area contributed by atoms with Crippen LogP contribution in [0.15, 0.2) is 44.8 Å². The van der Waals surface area contributed by atoms with Crippen LogP contribution in [0.25, 0.3) is 0 Å². The molecule has 0 N–H and O–H groups in total. The van der Waals surface area contributed by atoms with E-state index >= 15 is 0 Å². The number of allylic oxidation sites excluding steroid dienone is 2. The summed E-state index contributed by atoms with van der Waals surface area (Å²) in [5.74, 6) is -7.82. The first-order valence-corrected chi connectivity index (χ1v) is 8.53. The predicted molar refractivity (Wildman–Crippen MR) is 84.3 cm³/mol. The molecule has 128 valence electrons. The fraction of sp³-hybridized carbons (Fsp3) is 0.176. The zero-order valence-corrected chi connectivity index (χ0v) is 13.7. The van der Waals surface area contributed by atoms with Crippen LogP contribution in [0.4, 0.5) is 26.3 Å². The van der Waals surface area contributed by atoms with Gasteiger partial charge in [-0.15, -0.1) is 0 Å². The fourth-order valence-corrected chi connectivity index (χ4v) is 3.22. The van der Waals surface area contributed by atoms with E-state index in [4.69, 9.17) is 0 Å². The molecule has 0 radical (unpaired) electrons. The highest BCUT2D eigenvalue weighted by atomic mass is 32.1. The minimum absolute atomic E-state index is 0.261. The summed E-state index contributed by atoms with van der Waals surface area (Å²) in [6.07, 6.45) is 0. The Morgan fingerprint density at radius 3 is 1.36 bits per heavy atom. The minimum Gasteiger partial charge on any atom is -0.193 e. The molecule has 0 aliphatic heterocycles. The number of halogens is 6. The van der Waals surface area contributed by atoms with Crippen LogP contribution in [-0.2, 0) is 0 Å². The Kier molecular flexibility index (Phi) is 4.22. The van der Waals surface area contributed by atoms with Gasteiger partial charge in [0.25, 0.3) is 0 Å². The van der Waals surface area contributed by atoms with Gasteiger partial charge < -0.3 is 0 Å². The molecule has 1 aliphatic rings. The van der Waals surface area contributed by atoms with E-state index < -0.39 is 28.9 Å². The second-order valence-corrected chi connectivity index (χ2v) is 6.56. The first-order chi connectivity index (χ1) is 11.7. The summed E-state index contributed by atoms with van der Waals surface area (Å²) >= 11 is 2.40. The van der Waals surface area contributed by atoms with E-state index in [2.05, 4.69) is 11.8 Å². The molecule has 0 saturated heterocycles. The third-order valence-corrected chi connectivity index (χ3v) is 4.74. The average Bonchev–Trinajstić information content (AvgIpc) is 3.23. The van der Waals surface area contributed by atoms with Gasteiger partial charge in [-0.3, -0.25) is 0 Å². The van der Waals surface area contributed by atoms with Crippen molar-refractivity contribution in [2.24, 2.45) is 0 Å². The lowest BCUT2D eigenvalue weighted by Crippen LogP contribution is -2.49. The monoisotopic (exact) mass is 388 g/mol. The largest absolute Gasteiger partial charge is 0.382 e. The standard InChI is InChI=1S/C17H6F6S2/c18-15(19)13(3-1-11-5-7-24-9-11)14(16(20,21)17(15,22)23)4-2-12-6-8-25-10-12/h5-10H. The highest BCUT2D eigenvalue weighted by Crippen LogP contribution is 2.58. The number of hydrogen-bond donors (Lipinski definition) is 0. The van der Waals surface area contributed by atoms with E-state index in [0.29, 0.717) is 0 Å². The van der Waals surface area contributed by atoms with Crippen LogP contribution in [0.2, 0.25) is 0 Å². The zero-order chi connectivity index (χ0) is 18.3. The lowest BCUT2D eigenvalue weighted by atomic mass is 10.1. The molecule has 0 bridgehead atoms. The second kappa shape index (κ2) is 5.98. The van der Waals surface area contributed by atoms with Gasteiger partial charge >= 0.3 is 17.8 Å². The fourth-order valence-electron chi connectivity index (χ4n) is 2.05. The molecule has 2 heterocycles. The van der Waals surface area contributed by atoms with E-state index in [1.807, 2.05) is 0 Å². The van der Waals surface area contributed by atoms with E-state index in [0.717, 1.165) is 0 Å². The van der Waals surface area contributed by atoms with Gasteiger partial charge in [0.05, 0.1) is 11.1 Å². The summed E-state index contributed by atoms with van der Waals surface area (Å²) in [7, 11) is 0. The third-order valence-electron chi connectivity index (χ3n) is 3.37. The van der Waals surface area contributed by atoms with Crippen molar-refractivity contribution in [1.82, 2.24) is 0 Å². The molecule has 2 aromatic heterocycles. The molecule has 2 aromatic rings. The summed E-state index contributed by atoms with van der Waals surface area (Å²) in [6, 6.07) is 2.91. The molecule has 0 spiro atoms. The summed E-state index contributed by atoms with van der Waals surface area (Å²) < 4.78 is 83.2. The predicted octanol–water partition coefficient (Wildman–Crippen LogP) is 5.43. The molecule has 0 unspecified atom stereocenters. The van der Waals surface area contributed by atoms with Crippen LogP contribution in [0.5, 0.6) is 0 Å². The van der Waals surface area contributed by atoms with Crippen molar-refractivity contribution in [1.29, 1.82) is 0 Å². The summed E-state index contributed by atoms with van der Waals surface area (Å²) in [6.45, 7) is 0. The molecule has 0 atom stereocenters. The topological polar surface area (TPSA) is 0 Å². The number of alkyl halides is 6. The Balaban J connectivity index is 2.18. The van der Waals surface area contributed by atoms with Crippen LogP contribution < -0.4 is 0 Å². The Labute approximate surface area is 146 Å². The highest BCUT2D eigenvalue weighted by Gasteiger charge is 2.80. The van der Waals surface area contributed by atoms with Gasteiger partial charge in [-0.05, 0) is 22.9 Å². The Bertz CT molecular complexity index is 853. The zero-order valence-electron chi connectivity index (χ0n) is 12.0. The molecule has 0 aromatic carbocycles. The van der Waals surface area contributed by atoms with Gasteiger partial charge in [0.1, 0.15) is 0 Å². The van der Waals surface area contributed by atoms with E-state index in [9.17, 15) is 26.3 Å². The maximum absolute atomic E-state index is 14.0. The number of rotatable bonds is 0. The van der Waals surface area contributed by atoms with E-state index in [1.54, 1.807) is 22.6 Å². The summed E-state index contributed by atoms with van der Waals surface area (Å²) in [5.41, 5.74) is -2.76. The normalized spacial score (nSPS) is 19.8. The van der Waals surface area contributed by atoms with Gasteiger partial charge in [-0.2, -0.15) is 49.0 Å². The van der Waals surface area contributed by atoms with Gasteiger partial charge in [0.15, 0.2) is 0 Å². The minimum atomic E-state index is -5.60. The van der Waals surface area contributed by atoms with Gasteiger partial charge in [-0.1, -0.05) is 23.7 Å². The Hall–Kier alpha value is -2.16. The molecular weight excluding hydrogens is 382 g/mol.